The fourth-order valence-electron chi connectivity index (χ4n) is 2.44. The van der Waals surface area contributed by atoms with Gasteiger partial charge in [-0.3, -0.25) is 0 Å². The minimum Gasteiger partial charge on any atom is -0.490 e. The van der Waals surface area contributed by atoms with Crippen LogP contribution in [-0.4, -0.2) is 31.5 Å². The van der Waals surface area contributed by atoms with Crippen molar-refractivity contribution < 1.29 is 19.3 Å². The first-order valence-electron chi connectivity index (χ1n) is 7.86. The highest BCUT2D eigenvalue weighted by molar-refractivity contribution is 5.44. The minimum atomic E-state index is -0.629. The third-order valence-electron chi connectivity index (χ3n) is 3.62. The van der Waals surface area contributed by atoms with E-state index in [0.717, 1.165) is 30.6 Å². The van der Waals surface area contributed by atoms with Gasteiger partial charge in [0.2, 0.25) is 0 Å². The van der Waals surface area contributed by atoms with E-state index in [1.165, 1.54) is 0 Å². The number of benzene rings is 1. The van der Waals surface area contributed by atoms with Crippen LogP contribution in [0, 0.1) is 5.92 Å². The maximum Gasteiger partial charge on any atom is 0.161 e. The fourth-order valence-corrected chi connectivity index (χ4v) is 2.44. The van der Waals surface area contributed by atoms with Crippen LogP contribution in [-0.2, 0) is 4.74 Å². The average Bonchev–Trinajstić information content (AvgIpc) is 2.71. The second-order valence-electron chi connectivity index (χ2n) is 5.70. The highest BCUT2D eigenvalue weighted by Crippen LogP contribution is 2.32. The molecule has 1 aliphatic rings. The summed E-state index contributed by atoms with van der Waals surface area (Å²) in [4.78, 5) is 0. The molecule has 0 fully saturated rings. The average molecular weight is 294 g/mol. The molecule has 0 bridgehead atoms. The molecule has 1 N–H and O–H groups in total. The van der Waals surface area contributed by atoms with E-state index in [4.69, 9.17) is 14.2 Å². The lowest BCUT2D eigenvalue weighted by Gasteiger charge is -2.16. The quantitative estimate of drug-likeness (QED) is 0.838. The monoisotopic (exact) mass is 294 g/mol. The molecule has 0 spiro atoms. The number of hydrogen-bond acceptors (Lipinski definition) is 4. The first kappa shape index (κ1) is 16.1. The Kier molecular flexibility index (Phi) is 6.33. The van der Waals surface area contributed by atoms with Crippen LogP contribution >= 0.6 is 0 Å². The molecule has 0 aromatic heterocycles. The van der Waals surface area contributed by atoms with E-state index in [1.54, 1.807) is 0 Å². The van der Waals surface area contributed by atoms with Crippen LogP contribution in [0.1, 0.15) is 44.8 Å². The lowest BCUT2D eigenvalue weighted by molar-refractivity contribution is 0.0214. The second-order valence-corrected chi connectivity index (χ2v) is 5.70. The predicted molar refractivity (Wildman–Crippen MR) is 81.9 cm³/mol. The molecule has 4 heteroatoms. The van der Waals surface area contributed by atoms with Gasteiger partial charge in [-0.15, -0.1) is 0 Å². The molecule has 118 valence electrons. The van der Waals surface area contributed by atoms with E-state index in [2.05, 4.69) is 13.8 Å². The van der Waals surface area contributed by atoms with Crippen LogP contribution < -0.4 is 9.47 Å². The molecule has 0 radical (unpaired) electrons. The van der Waals surface area contributed by atoms with Gasteiger partial charge < -0.3 is 19.3 Å². The van der Waals surface area contributed by atoms with Crippen molar-refractivity contribution in [1.82, 2.24) is 0 Å². The molecule has 4 nitrogen and oxygen atoms in total. The van der Waals surface area contributed by atoms with Crippen molar-refractivity contribution in [3.05, 3.63) is 23.8 Å². The van der Waals surface area contributed by atoms with Crippen LogP contribution in [0.4, 0.5) is 0 Å². The number of fused-ring (bicyclic) bond motifs is 1. The largest absolute Gasteiger partial charge is 0.490 e. The van der Waals surface area contributed by atoms with Crippen molar-refractivity contribution in [3.63, 3.8) is 0 Å². The maximum absolute atomic E-state index is 10.2. The van der Waals surface area contributed by atoms with E-state index in [0.29, 0.717) is 38.1 Å². The molecule has 21 heavy (non-hydrogen) atoms. The first-order chi connectivity index (χ1) is 10.2. The Labute approximate surface area is 127 Å². The van der Waals surface area contributed by atoms with Gasteiger partial charge in [-0.25, -0.2) is 0 Å². The number of hydrogen-bond donors (Lipinski definition) is 1. The molecule has 1 aromatic carbocycles. The van der Waals surface area contributed by atoms with Crippen LogP contribution in [0.2, 0.25) is 0 Å². The van der Waals surface area contributed by atoms with Crippen LogP contribution in [0.5, 0.6) is 11.5 Å². The van der Waals surface area contributed by atoms with E-state index < -0.39 is 6.10 Å². The lowest BCUT2D eigenvalue weighted by atomic mass is 10.1. The lowest BCUT2D eigenvalue weighted by Crippen LogP contribution is -2.12. The molecular weight excluding hydrogens is 268 g/mol. The Morgan fingerprint density at radius 3 is 2.71 bits per heavy atom. The molecule has 0 saturated carbocycles. The van der Waals surface area contributed by atoms with Crippen molar-refractivity contribution in [3.8, 4) is 11.5 Å². The summed E-state index contributed by atoms with van der Waals surface area (Å²) in [6.07, 6.45) is 2.57. The van der Waals surface area contributed by atoms with Crippen LogP contribution in [0.3, 0.4) is 0 Å². The second kappa shape index (κ2) is 8.25. The SMILES string of the molecule is CCCC(C)COCC(O)c1ccc2c(c1)OCCCO2. The van der Waals surface area contributed by atoms with Gasteiger partial charge >= 0.3 is 0 Å². The topological polar surface area (TPSA) is 47.9 Å². The molecule has 2 atom stereocenters. The van der Waals surface area contributed by atoms with Gasteiger partial charge in [0.1, 0.15) is 6.10 Å². The molecular formula is C17H26O4. The molecule has 2 unspecified atom stereocenters. The third-order valence-corrected chi connectivity index (χ3v) is 3.62. The fraction of sp³-hybridized carbons (Fsp3) is 0.647. The summed E-state index contributed by atoms with van der Waals surface area (Å²) in [5, 5.41) is 10.2. The Morgan fingerprint density at radius 1 is 1.19 bits per heavy atom. The number of ether oxygens (including phenoxy) is 3. The highest BCUT2D eigenvalue weighted by atomic mass is 16.5. The van der Waals surface area contributed by atoms with Gasteiger partial charge in [-0.2, -0.15) is 0 Å². The molecule has 1 aliphatic heterocycles. The molecule has 0 aliphatic carbocycles. The minimum absolute atomic E-state index is 0.313. The van der Waals surface area contributed by atoms with Gasteiger partial charge in [-0.1, -0.05) is 26.3 Å². The zero-order valence-corrected chi connectivity index (χ0v) is 13.0. The van der Waals surface area contributed by atoms with Crippen molar-refractivity contribution in [2.24, 2.45) is 5.92 Å². The van der Waals surface area contributed by atoms with Crippen molar-refractivity contribution in [2.45, 2.75) is 39.2 Å². The molecule has 1 heterocycles. The van der Waals surface area contributed by atoms with Crippen molar-refractivity contribution in [2.75, 3.05) is 26.4 Å². The zero-order chi connectivity index (χ0) is 15.1. The summed E-state index contributed by atoms with van der Waals surface area (Å²) in [5.74, 6) is 2.00. The molecule has 2 rings (SSSR count). The first-order valence-corrected chi connectivity index (χ1v) is 7.86. The predicted octanol–water partition coefficient (Wildman–Crippen LogP) is 3.33. The summed E-state index contributed by atoms with van der Waals surface area (Å²) in [7, 11) is 0. The van der Waals surface area contributed by atoms with Crippen LogP contribution in [0.25, 0.3) is 0 Å². The molecule has 0 saturated heterocycles. The summed E-state index contributed by atoms with van der Waals surface area (Å²) >= 11 is 0. The van der Waals surface area contributed by atoms with Gasteiger partial charge in [0, 0.05) is 13.0 Å². The Balaban J connectivity index is 1.87. The van der Waals surface area contributed by atoms with E-state index in [-0.39, 0.29) is 0 Å². The zero-order valence-electron chi connectivity index (χ0n) is 13.0. The van der Waals surface area contributed by atoms with E-state index in [1.807, 2.05) is 18.2 Å². The number of aliphatic hydroxyl groups excluding tert-OH is 1. The van der Waals surface area contributed by atoms with Gasteiger partial charge in [0.25, 0.3) is 0 Å². The molecule has 0 amide bonds. The van der Waals surface area contributed by atoms with Crippen molar-refractivity contribution in [1.29, 1.82) is 0 Å². The number of rotatable bonds is 7. The van der Waals surface area contributed by atoms with Gasteiger partial charge in [-0.05, 0) is 30.0 Å². The summed E-state index contributed by atoms with van der Waals surface area (Å²) in [6, 6.07) is 5.58. The van der Waals surface area contributed by atoms with Crippen LogP contribution in [0.15, 0.2) is 18.2 Å². The smallest absolute Gasteiger partial charge is 0.161 e. The Hall–Kier alpha value is -1.26. The Bertz CT molecular complexity index is 433. The number of aliphatic hydroxyl groups is 1. The van der Waals surface area contributed by atoms with E-state index in [9.17, 15) is 5.11 Å². The standard InChI is InChI=1S/C17H26O4/c1-3-5-13(2)11-19-12-15(18)14-6-7-16-17(10-14)21-9-4-8-20-16/h6-7,10,13,15,18H,3-5,8-9,11-12H2,1-2H3. The normalized spacial score (nSPS) is 17.1. The van der Waals surface area contributed by atoms with Crippen molar-refractivity contribution >= 4 is 0 Å². The highest BCUT2D eigenvalue weighted by Gasteiger charge is 2.15. The third kappa shape index (κ3) is 4.90. The maximum atomic E-state index is 10.2. The molecule has 1 aromatic rings. The summed E-state index contributed by atoms with van der Waals surface area (Å²) in [5.41, 5.74) is 0.808. The summed E-state index contributed by atoms with van der Waals surface area (Å²) < 4.78 is 16.8. The summed E-state index contributed by atoms with van der Waals surface area (Å²) in [6.45, 7) is 6.67. The Morgan fingerprint density at radius 2 is 1.95 bits per heavy atom. The van der Waals surface area contributed by atoms with E-state index >= 15 is 0 Å². The van der Waals surface area contributed by atoms with Gasteiger partial charge in [0.15, 0.2) is 11.5 Å². The van der Waals surface area contributed by atoms with Gasteiger partial charge in [0.05, 0.1) is 19.8 Å².